The highest BCUT2D eigenvalue weighted by atomic mass is 16.5. The zero-order valence-electron chi connectivity index (χ0n) is 12.8. The lowest BCUT2D eigenvalue weighted by Gasteiger charge is -2.10. The highest BCUT2D eigenvalue weighted by molar-refractivity contribution is 5.93. The summed E-state index contributed by atoms with van der Waals surface area (Å²) in [5.41, 5.74) is 0.916. The summed E-state index contributed by atoms with van der Waals surface area (Å²) in [6.45, 7) is 0.352. The van der Waals surface area contributed by atoms with E-state index in [0.29, 0.717) is 24.5 Å². The normalized spacial score (nSPS) is 10.2. The molecule has 0 bridgehead atoms. The molecule has 2 rings (SSSR count). The van der Waals surface area contributed by atoms with E-state index in [-0.39, 0.29) is 11.5 Å². The fourth-order valence-electron chi connectivity index (χ4n) is 2.03. The summed E-state index contributed by atoms with van der Waals surface area (Å²) in [5, 5.41) is 11.4. The van der Waals surface area contributed by atoms with E-state index in [1.165, 1.54) is 12.1 Å². The van der Waals surface area contributed by atoms with Crippen LogP contribution in [0.2, 0.25) is 0 Å². The summed E-state index contributed by atoms with van der Waals surface area (Å²) < 4.78 is 15.3. The van der Waals surface area contributed by atoms with Gasteiger partial charge < -0.3 is 24.3 Å². The molecule has 7 nitrogen and oxygen atoms in total. The number of amides is 1. The molecule has 0 unspecified atom stereocenters. The maximum absolute atomic E-state index is 11.9. The number of carbonyl (C=O) groups excluding carboxylic acids is 1. The number of benzene rings is 1. The SMILES string of the molecule is COc1ccc(CCNC(=O)c2ccc(C(=O)O)o2)c(OC)c1. The number of carboxylic acids is 1. The minimum Gasteiger partial charge on any atom is -0.497 e. The van der Waals surface area contributed by atoms with E-state index in [2.05, 4.69) is 5.32 Å². The number of furan rings is 1. The second-order valence-electron chi connectivity index (χ2n) is 4.65. The number of hydrogen-bond acceptors (Lipinski definition) is 5. The minimum atomic E-state index is -1.22. The maximum atomic E-state index is 11.9. The molecule has 0 aliphatic rings. The lowest BCUT2D eigenvalue weighted by atomic mass is 10.1. The van der Waals surface area contributed by atoms with Gasteiger partial charge in [-0.25, -0.2) is 4.79 Å². The van der Waals surface area contributed by atoms with Crippen LogP contribution in [0.5, 0.6) is 11.5 Å². The first-order chi connectivity index (χ1) is 11.0. The molecule has 0 fully saturated rings. The Morgan fingerprint density at radius 3 is 2.48 bits per heavy atom. The number of rotatable bonds is 7. The summed E-state index contributed by atoms with van der Waals surface area (Å²) >= 11 is 0. The van der Waals surface area contributed by atoms with Crippen molar-refractivity contribution in [3.8, 4) is 11.5 Å². The zero-order valence-corrected chi connectivity index (χ0v) is 12.8. The molecule has 0 saturated carbocycles. The molecular weight excluding hydrogens is 302 g/mol. The fraction of sp³-hybridized carbons (Fsp3) is 0.250. The first-order valence-electron chi connectivity index (χ1n) is 6.87. The monoisotopic (exact) mass is 319 g/mol. The standard InChI is InChI=1S/C16H17NO6/c1-21-11-4-3-10(14(9-11)22-2)7-8-17-15(18)12-5-6-13(23-12)16(19)20/h3-6,9H,7-8H2,1-2H3,(H,17,18)(H,19,20). The zero-order chi connectivity index (χ0) is 16.8. The Bertz CT molecular complexity index is 706. The number of nitrogens with one attached hydrogen (secondary N) is 1. The van der Waals surface area contributed by atoms with E-state index in [1.807, 2.05) is 12.1 Å². The van der Waals surface area contributed by atoms with Crippen molar-refractivity contribution in [2.75, 3.05) is 20.8 Å². The Morgan fingerprint density at radius 1 is 1.13 bits per heavy atom. The van der Waals surface area contributed by atoms with E-state index in [0.717, 1.165) is 5.56 Å². The predicted octanol–water partition coefficient (Wildman–Crippen LogP) is 1.97. The third-order valence-corrected chi connectivity index (χ3v) is 3.21. The summed E-state index contributed by atoms with van der Waals surface area (Å²) in [6.07, 6.45) is 0.547. The molecule has 23 heavy (non-hydrogen) atoms. The molecule has 1 aromatic heterocycles. The lowest BCUT2D eigenvalue weighted by Crippen LogP contribution is -2.25. The first-order valence-corrected chi connectivity index (χ1v) is 6.87. The molecule has 2 aromatic rings. The van der Waals surface area contributed by atoms with Crippen LogP contribution in [-0.2, 0) is 6.42 Å². The molecule has 7 heteroatoms. The highest BCUT2D eigenvalue weighted by Crippen LogP contribution is 2.24. The van der Waals surface area contributed by atoms with Crippen LogP contribution < -0.4 is 14.8 Å². The summed E-state index contributed by atoms with van der Waals surface area (Å²) in [5.74, 6) is -0.635. The van der Waals surface area contributed by atoms with Crippen LogP contribution in [-0.4, -0.2) is 37.7 Å². The molecular formula is C16H17NO6. The Hall–Kier alpha value is -2.96. The minimum absolute atomic E-state index is 0.0379. The van der Waals surface area contributed by atoms with E-state index < -0.39 is 11.9 Å². The van der Waals surface area contributed by atoms with E-state index in [4.69, 9.17) is 19.0 Å². The highest BCUT2D eigenvalue weighted by Gasteiger charge is 2.14. The molecule has 1 heterocycles. The van der Waals surface area contributed by atoms with Crippen molar-refractivity contribution < 1.29 is 28.6 Å². The van der Waals surface area contributed by atoms with Crippen LogP contribution in [0.25, 0.3) is 0 Å². The molecule has 0 aliphatic carbocycles. The first kappa shape index (κ1) is 16.4. The fourth-order valence-corrected chi connectivity index (χ4v) is 2.03. The van der Waals surface area contributed by atoms with Gasteiger partial charge in [-0.2, -0.15) is 0 Å². The summed E-state index contributed by atoms with van der Waals surface area (Å²) in [7, 11) is 3.14. The van der Waals surface area contributed by atoms with Gasteiger partial charge in [-0.15, -0.1) is 0 Å². The van der Waals surface area contributed by atoms with Crippen LogP contribution in [0.15, 0.2) is 34.7 Å². The van der Waals surface area contributed by atoms with Crippen LogP contribution in [0.4, 0.5) is 0 Å². The van der Waals surface area contributed by atoms with Crippen molar-refractivity contribution >= 4 is 11.9 Å². The quantitative estimate of drug-likeness (QED) is 0.809. The lowest BCUT2D eigenvalue weighted by molar-refractivity contribution is 0.0659. The van der Waals surface area contributed by atoms with E-state index >= 15 is 0 Å². The predicted molar refractivity (Wildman–Crippen MR) is 81.3 cm³/mol. The van der Waals surface area contributed by atoms with Gasteiger partial charge in [-0.3, -0.25) is 4.79 Å². The Balaban J connectivity index is 1.93. The molecule has 0 atom stereocenters. The maximum Gasteiger partial charge on any atom is 0.371 e. The molecule has 0 radical (unpaired) electrons. The van der Waals surface area contributed by atoms with Crippen LogP contribution in [0, 0.1) is 0 Å². The summed E-state index contributed by atoms with van der Waals surface area (Å²) in [6, 6.07) is 8.00. The second kappa shape index (κ2) is 7.35. The molecule has 2 N–H and O–H groups in total. The topological polar surface area (TPSA) is 98.0 Å². The van der Waals surface area contributed by atoms with E-state index in [9.17, 15) is 9.59 Å². The van der Waals surface area contributed by atoms with Gasteiger partial charge in [-0.1, -0.05) is 6.07 Å². The van der Waals surface area contributed by atoms with Crippen LogP contribution >= 0.6 is 0 Å². The smallest absolute Gasteiger partial charge is 0.371 e. The number of methoxy groups -OCH3 is 2. The number of carbonyl (C=O) groups is 2. The van der Waals surface area contributed by atoms with Gasteiger partial charge in [0.2, 0.25) is 5.76 Å². The average molecular weight is 319 g/mol. The number of hydrogen-bond donors (Lipinski definition) is 2. The third-order valence-electron chi connectivity index (χ3n) is 3.21. The molecule has 1 amide bonds. The molecule has 0 saturated heterocycles. The van der Waals surface area contributed by atoms with Crippen LogP contribution in [0.3, 0.4) is 0 Å². The van der Waals surface area contributed by atoms with Crippen molar-refractivity contribution in [1.82, 2.24) is 5.32 Å². The molecule has 0 aliphatic heterocycles. The second-order valence-corrected chi connectivity index (χ2v) is 4.65. The Morgan fingerprint density at radius 2 is 1.87 bits per heavy atom. The van der Waals surface area contributed by atoms with Gasteiger partial charge in [0.1, 0.15) is 11.5 Å². The van der Waals surface area contributed by atoms with E-state index in [1.54, 1.807) is 20.3 Å². The third kappa shape index (κ3) is 4.03. The van der Waals surface area contributed by atoms with Crippen molar-refractivity contribution in [1.29, 1.82) is 0 Å². The number of aromatic carboxylic acids is 1. The van der Waals surface area contributed by atoms with Crippen molar-refractivity contribution in [2.45, 2.75) is 6.42 Å². The number of ether oxygens (including phenoxy) is 2. The number of carboxylic acid groups (broad SMARTS) is 1. The van der Waals surface area contributed by atoms with Gasteiger partial charge >= 0.3 is 5.97 Å². The van der Waals surface area contributed by atoms with Crippen molar-refractivity contribution in [3.63, 3.8) is 0 Å². The van der Waals surface area contributed by atoms with Crippen LogP contribution in [0.1, 0.15) is 26.7 Å². The Labute approximate surface area is 132 Å². The molecule has 1 aromatic carbocycles. The molecule has 122 valence electrons. The van der Waals surface area contributed by atoms with Crippen molar-refractivity contribution in [2.24, 2.45) is 0 Å². The molecule has 0 spiro atoms. The van der Waals surface area contributed by atoms with Gasteiger partial charge in [-0.05, 0) is 30.2 Å². The summed E-state index contributed by atoms with van der Waals surface area (Å²) in [4.78, 5) is 22.6. The van der Waals surface area contributed by atoms with Gasteiger partial charge in [0.15, 0.2) is 5.76 Å². The Kier molecular flexibility index (Phi) is 5.24. The largest absolute Gasteiger partial charge is 0.497 e. The van der Waals surface area contributed by atoms with Gasteiger partial charge in [0.25, 0.3) is 5.91 Å². The average Bonchev–Trinajstić information content (AvgIpc) is 3.05. The van der Waals surface area contributed by atoms with Crippen molar-refractivity contribution in [3.05, 3.63) is 47.4 Å². The van der Waals surface area contributed by atoms with Gasteiger partial charge in [0, 0.05) is 12.6 Å². The van der Waals surface area contributed by atoms with Gasteiger partial charge in [0.05, 0.1) is 14.2 Å².